The summed E-state index contributed by atoms with van der Waals surface area (Å²) in [6.45, 7) is 2.80. The second kappa shape index (κ2) is 5.96. The van der Waals surface area contributed by atoms with Gasteiger partial charge in [0.1, 0.15) is 5.75 Å². The predicted octanol–water partition coefficient (Wildman–Crippen LogP) is 5.12. The van der Waals surface area contributed by atoms with Gasteiger partial charge in [-0.05, 0) is 60.5 Å². The summed E-state index contributed by atoms with van der Waals surface area (Å²) in [7, 11) is 0. The van der Waals surface area contributed by atoms with Gasteiger partial charge in [0.15, 0.2) is 0 Å². The van der Waals surface area contributed by atoms with E-state index in [1.165, 1.54) is 0 Å². The fourth-order valence-corrected chi connectivity index (χ4v) is 2.63. The molecule has 1 heterocycles. The second-order valence-electron chi connectivity index (χ2n) is 4.69. The molecule has 0 N–H and O–H groups in total. The van der Waals surface area contributed by atoms with E-state index in [9.17, 15) is 0 Å². The molecule has 0 radical (unpaired) electrons. The molecule has 0 saturated heterocycles. The topological polar surface area (TPSA) is 27.1 Å². The Morgan fingerprint density at radius 3 is 2.57 bits per heavy atom. The lowest BCUT2D eigenvalue weighted by Crippen LogP contribution is -1.97. The minimum Gasteiger partial charge on any atom is -0.494 e. The van der Waals surface area contributed by atoms with E-state index >= 15 is 0 Å². The number of rotatable bonds is 4. The molecule has 0 aliphatic rings. The van der Waals surface area contributed by atoms with Crippen molar-refractivity contribution >= 4 is 34.2 Å². The Balaban J connectivity index is 2.01. The monoisotopic (exact) mass is 320 g/mol. The van der Waals surface area contributed by atoms with Crippen LogP contribution in [0.15, 0.2) is 42.5 Å². The first-order chi connectivity index (χ1) is 10.2. The molecule has 3 aromatic rings. The molecule has 0 spiro atoms. The quantitative estimate of drug-likeness (QED) is 0.667. The molecule has 3 nitrogen and oxygen atoms in total. The third kappa shape index (κ3) is 2.85. The number of imidazole rings is 1. The number of ether oxygens (including phenoxy) is 1. The maximum Gasteiger partial charge on any atom is 0.208 e. The Hall–Kier alpha value is -1.71. The zero-order valence-corrected chi connectivity index (χ0v) is 13.0. The van der Waals surface area contributed by atoms with Crippen molar-refractivity contribution < 1.29 is 4.74 Å². The van der Waals surface area contributed by atoms with Gasteiger partial charge < -0.3 is 4.74 Å². The largest absolute Gasteiger partial charge is 0.494 e. The molecule has 5 heteroatoms. The van der Waals surface area contributed by atoms with Crippen LogP contribution in [0.3, 0.4) is 0 Å². The summed E-state index contributed by atoms with van der Waals surface area (Å²) in [5.74, 6) is 0.851. The molecule has 0 aliphatic carbocycles. The molecular weight excluding hydrogens is 307 g/mol. The first-order valence-electron chi connectivity index (χ1n) is 6.76. The van der Waals surface area contributed by atoms with E-state index in [1.807, 2.05) is 41.0 Å². The summed E-state index contributed by atoms with van der Waals surface area (Å²) in [4.78, 5) is 4.34. The highest BCUT2D eigenvalue weighted by Gasteiger charge is 2.11. The van der Waals surface area contributed by atoms with Crippen molar-refractivity contribution in [1.82, 2.24) is 9.55 Å². The average molecular weight is 321 g/mol. The molecular formula is C16H14Cl2N2O. The molecule has 3 rings (SSSR count). The predicted molar refractivity (Wildman–Crippen MR) is 86.9 cm³/mol. The van der Waals surface area contributed by atoms with E-state index in [0.717, 1.165) is 28.9 Å². The number of halogens is 2. The van der Waals surface area contributed by atoms with Crippen LogP contribution >= 0.6 is 23.2 Å². The van der Waals surface area contributed by atoms with Crippen LogP contribution in [0.25, 0.3) is 16.7 Å². The van der Waals surface area contributed by atoms with E-state index in [-0.39, 0.29) is 0 Å². The molecule has 0 fully saturated rings. The molecule has 108 valence electrons. The van der Waals surface area contributed by atoms with E-state index in [1.54, 1.807) is 6.07 Å². The van der Waals surface area contributed by atoms with Crippen LogP contribution in [0.1, 0.15) is 13.3 Å². The molecule has 0 aliphatic heterocycles. The highest BCUT2D eigenvalue weighted by Crippen LogP contribution is 2.27. The third-order valence-corrected chi connectivity index (χ3v) is 3.63. The molecule has 0 unspecified atom stereocenters. The summed E-state index contributed by atoms with van der Waals surface area (Å²) in [6, 6.07) is 13.3. The van der Waals surface area contributed by atoms with Gasteiger partial charge in [-0.2, -0.15) is 0 Å². The van der Waals surface area contributed by atoms with Crippen LogP contribution < -0.4 is 4.74 Å². The van der Waals surface area contributed by atoms with Gasteiger partial charge in [0.05, 0.1) is 17.6 Å². The number of hydrogen-bond acceptors (Lipinski definition) is 2. The van der Waals surface area contributed by atoms with Crippen LogP contribution in [0, 0.1) is 0 Å². The van der Waals surface area contributed by atoms with Crippen molar-refractivity contribution in [1.29, 1.82) is 0 Å². The van der Waals surface area contributed by atoms with Gasteiger partial charge in [-0.1, -0.05) is 18.5 Å². The van der Waals surface area contributed by atoms with Gasteiger partial charge in [-0.25, -0.2) is 4.98 Å². The van der Waals surface area contributed by atoms with Crippen molar-refractivity contribution in [2.24, 2.45) is 0 Å². The normalized spacial score (nSPS) is 11.0. The molecule has 0 atom stereocenters. The number of aromatic nitrogens is 2. The molecule has 2 aromatic carbocycles. The smallest absolute Gasteiger partial charge is 0.208 e. The number of hydrogen-bond donors (Lipinski definition) is 0. The lowest BCUT2D eigenvalue weighted by molar-refractivity contribution is 0.317. The Morgan fingerprint density at radius 2 is 1.86 bits per heavy atom. The van der Waals surface area contributed by atoms with Crippen LogP contribution in [-0.4, -0.2) is 16.2 Å². The van der Waals surface area contributed by atoms with Gasteiger partial charge >= 0.3 is 0 Å². The molecule has 0 amide bonds. The zero-order chi connectivity index (χ0) is 14.8. The van der Waals surface area contributed by atoms with Crippen molar-refractivity contribution in [2.45, 2.75) is 13.3 Å². The first kappa shape index (κ1) is 14.2. The summed E-state index contributed by atoms with van der Waals surface area (Å²) >= 11 is 12.2. The second-order valence-corrected chi connectivity index (χ2v) is 5.47. The summed E-state index contributed by atoms with van der Waals surface area (Å²) < 4.78 is 7.47. The number of fused-ring (bicyclic) bond motifs is 1. The third-order valence-electron chi connectivity index (χ3n) is 3.14. The Labute approximate surface area is 133 Å². The lowest BCUT2D eigenvalue weighted by Gasteiger charge is -2.08. The van der Waals surface area contributed by atoms with Crippen LogP contribution in [0.4, 0.5) is 0 Å². The minimum absolute atomic E-state index is 0.412. The Bertz CT molecular complexity index is 766. The highest BCUT2D eigenvalue weighted by molar-refractivity contribution is 6.32. The molecule has 0 saturated carbocycles. The SMILES string of the molecule is CCCOc1ccc(-n2c(Cl)nc3cc(Cl)ccc32)cc1. The first-order valence-corrected chi connectivity index (χ1v) is 7.51. The van der Waals surface area contributed by atoms with Gasteiger partial charge in [-0.15, -0.1) is 0 Å². The summed E-state index contributed by atoms with van der Waals surface area (Å²) in [6.07, 6.45) is 0.987. The van der Waals surface area contributed by atoms with Crippen LogP contribution in [-0.2, 0) is 0 Å². The maximum atomic E-state index is 6.26. The molecule has 1 aromatic heterocycles. The van der Waals surface area contributed by atoms with Crippen LogP contribution in [0.2, 0.25) is 10.3 Å². The van der Waals surface area contributed by atoms with Crippen LogP contribution in [0.5, 0.6) is 5.75 Å². The zero-order valence-electron chi connectivity index (χ0n) is 11.5. The summed E-state index contributed by atoms with van der Waals surface area (Å²) in [5.41, 5.74) is 2.64. The average Bonchev–Trinajstić information content (AvgIpc) is 2.80. The Morgan fingerprint density at radius 1 is 1.10 bits per heavy atom. The molecule has 21 heavy (non-hydrogen) atoms. The van der Waals surface area contributed by atoms with Crippen molar-refractivity contribution in [3.8, 4) is 11.4 Å². The fourth-order valence-electron chi connectivity index (χ4n) is 2.18. The van der Waals surface area contributed by atoms with E-state index < -0.39 is 0 Å². The lowest BCUT2D eigenvalue weighted by atomic mass is 10.2. The minimum atomic E-state index is 0.412. The summed E-state index contributed by atoms with van der Waals surface area (Å²) in [5, 5.41) is 1.06. The van der Waals surface area contributed by atoms with Gasteiger partial charge in [-0.3, -0.25) is 4.57 Å². The van der Waals surface area contributed by atoms with E-state index in [4.69, 9.17) is 27.9 Å². The highest BCUT2D eigenvalue weighted by atomic mass is 35.5. The Kier molecular flexibility index (Phi) is 4.04. The molecule has 0 bridgehead atoms. The fraction of sp³-hybridized carbons (Fsp3) is 0.188. The van der Waals surface area contributed by atoms with Crippen molar-refractivity contribution in [3.63, 3.8) is 0 Å². The van der Waals surface area contributed by atoms with E-state index in [0.29, 0.717) is 16.9 Å². The maximum absolute atomic E-state index is 6.26. The number of benzene rings is 2. The van der Waals surface area contributed by atoms with Crippen molar-refractivity contribution in [3.05, 3.63) is 52.8 Å². The standard InChI is InChI=1S/C16H14Cl2N2O/c1-2-9-21-13-6-4-12(5-7-13)20-15-8-3-11(17)10-14(15)19-16(20)18/h3-8,10H,2,9H2,1H3. The number of nitrogens with zero attached hydrogens (tertiary/aromatic N) is 2. The van der Waals surface area contributed by atoms with Gasteiger partial charge in [0, 0.05) is 10.7 Å². The van der Waals surface area contributed by atoms with Gasteiger partial charge in [0.25, 0.3) is 0 Å². The van der Waals surface area contributed by atoms with E-state index in [2.05, 4.69) is 11.9 Å². The van der Waals surface area contributed by atoms with Gasteiger partial charge in [0.2, 0.25) is 5.28 Å². The van der Waals surface area contributed by atoms with Crippen molar-refractivity contribution in [2.75, 3.05) is 6.61 Å².